The van der Waals surface area contributed by atoms with Crippen molar-refractivity contribution in [1.82, 2.24) is 0 Å². The van der Waals surface area contributed by atoms with E-state index in [9.17, 15) is 0 Å². The van der Waals surface area contributed by atoms with Crippen molar-refractivity contribution in [2.75, 3.05) is 0 Å². The summed E-state index contributed by atoms with van der Waals surface area (Å²) in [6.07, 6.45) is 1.99. The third-order valence-corrected chi connectivity index (χ3v) is 4.79. The minimum atomic E-state index is 0.259. The van der Waals surface area contributed by atoms with E-state index in [2.05, 4.69) is 62.4 Å². The van der Waals surface area contributed by atoms with E-state index < -0.39 is 0 Å². The van der Waals surface area contributed by atoms with Crippen LogP contribution in [-0.4, -0.2) is 6.04 Å². The molecule has 0 amide bonds. The number of thioether (sulfide) groups is 1. The fourth-order valence-electron chi connectivity index (χ4n) is 2.17. The highest BCUT2D eigenvalue weighted by atomic mass is 32.2. The lowest BCUT2D eigenvalue weighted by molar-refractivity contribution is 0.641. The Morgan fingerprint density at radius 3 is 2.35 bits per heavy atom. The van der Waals surface area contributed by atoms with Crippen LogP contribution >= 0.6 is 11.8 Å². The van der Waals surface area contributed by atoms with Crippen LogP contribution in [0.5, 0.6) is 0 Å². The largest absolute Gasteiger partial charge is 0.327 e. The first-order chi connectivity index (χ1) is 9.70. The average molecular weight is 285 g/mol. The minimum Gasteiger partial charge on any atom is -0.327 e. The van der Waals surface area contributed by atoms with Gasteiger partial charge in [-0.2, -0.15) is 0 Å². The molecule has 20 heavy (non-hydrogen) atoms. The van der Waals surface area contributed by atoms with Crippen LogP contribution in [0.3, 0.4) is 0 Å². The Morgan fingerprint density at radius 1 is 1.00 bits per heavy atom. The van der Waals surface area contributed by atoms with E-state index >= 15 is 0 Å². The summed E-state index contributed by atoms with van der Waals surface area (Å²) in [7, 11) is 0. The van der Waals surface area contributed by atoms with Crippen LogP contribution < -0.4 is 5.73 Å². The summed E-state index contributed by atoms with van der Waals surface area (Å²) in [6, 6.07) is 17.5. The van der Waals surface area contributed by atoms with Gasteiger partial charge < -0.3 is 5.73 Å². The maximum absolute atomic E-state index is 6.10. The highest BCUT2D eigenvalue weighted by Gasteiger charge is 2.07. The molecule has 1 atom stereocenters. The van der Waals surface area contributed by atoms with Gasteiger partial charge in [0.2, 0.25) is 0 Å². The van der Waals surface area contributed by atoms with E-state index in [0.717, 1.165) is 18.6 Å². The summed E-state index contributed by atoms with van der Waals surface area (Å²) in [5.74, 6) is 1.02. The SMILES string of the molecule is CCC(N)Cc1ccccc1SCc1ccccc1C. The Bertz CT molecular complexity index is 551. The molecule has 0 spiro atoms. The molecule has 2 aromatic carbocycles. The zero-order valence-electron chi connectivity index (χ0n) is 12.3. The lowest BCUT2D eigenvalue weighted by Gasteiger charge is -2.13. The van der Waals surface area contributed by atoms with Crippen LogP contribution in [0.2, 0.25) is 0 Å². The number of hydrogen-bond acceptors (Lipinski definition) is 2. The van der Waals surface area contributed by atoms with Gasteiger partial charge in [-0.25, -0.2) is 0 Å². The molecule has 2 aromatic rings. The molecule has 0 saturated carbocycles. The zero-order valence-corrected chi connectivity index (χ0v) is 13.1. The second-order valence-electron chi connectivity index (χ2n) is 5.20. The van der Waals surface area contributed by atoms with Crippen LogP contribution in [0, 0.1) is 6.92 Å². The maximum Gasteiger partial charge on any atom is 0.0234 e. The molecule has 0 aromatic heterocycles. The fourth-order valence-corrected chi connectivity index (χ4v) is 3.31. The normalized spacial score (nSPS) is 12.3. The molecule has 106 valence electrons. The molecule has 0 bridgehead atoms. The van der Waals surface area contributed by atoms with Gasteiger partial charge >= 0.3 is 0 Å². The first-order valence-corrected chi connectivity index (χ1v) is 8.20. The Morgan fingerprint density at radius 2 is 1.65 bits per heavy atom. The molecule has 2 rings (SSSR count). The molecule has 0 saturated heterocycles. The quantitative estimate of drug-likeness (QED) is 0.787. The first kappa shape index (κ1) is 15.1. The van der Waals surface area contributed by atoms with Gasteiger partial charge in [0.15, 0.2) is 0 Å². The fraction of sp³-hybridized carbons (Fsp3) is 0.333. The van der Waals surface area contributed by atoms with Gasteiger partial charge in [0, 0.05) is 16.7 Å². The van der Waals surface area contributed by atoms with Gasteiger partial charge in [0.1, 0.15) is 0 Å². The molecular formula is C18H23NS. The second kappa shape index (κ2) is 7.51. The van der Waals surface area contributed by atoms with Crippen LogP contribution in [0.25, 0.3) is 0 Å². The summed E-state index contributed by atoms with van der Waals surface area (Å²) >= 11 is 1.91. The molecule has 2 N–H and O–H groups in total. The number of nitrogens with two attached hydrogens (primary N) is 1. The number of benzene rings is 2. The molecule has 0 aliphatic rings. The molecule has 0 aliphatic carbocycles. The third-order valence-electron chi connectivity index (χ3n) is 3.62. The summed E-state index contributed by atoms with van der Waals surface area (Å²) in [5, 5.41) is 0. The Hall–Kier alpha value is -1.25. The topological polar surface area (TPSA) is 26.0 Å². The van der Waals surface area contributed by atoms with Gasteiger partial charge in [0.05, 0.1) is 0 Å². The van der Waals surface area contributed by atoms with Crippen molar-refractivity contribution in [2.45, 2.75) is 43.4 Å². The Kier molecular flexibility index (Phi) is 5.69. The molecule has 1 nitrogen and oxygen atoms in total. The molecule has 0 aliphatic heterocycles. The minimum absolute atomic E-state index is 0.259. The van der Waals surface area contributed by atoms with Crippen molar-refractivity contribution < 1.29 is 0 Å². The van der Waals surface area contributed by atoms with Crippen LogP contribution in [0.15, 0.2) is 53.4 Å². The van der Waals surface area contributed by atoms with Crippen LogP contribution in [0.4, 0.5) is 0 Å². The monoisotopic (exact) mass is 285 g/mol. The first-order valence-electron chi connectivity index (χ1n) is 7.21. The number of aryl methyl sites for hydroxylation is 1. The van der Waals surface area contributed by atoms with Crippen molar-refractivity contribution >= 4 is 11.8 Å². The third kappa shape index (κ3) is 4.12. The molecule has 2 heteroatoms. The molecule has 1 unspecified atom stereocenters. The lowest BCUT2D eigenvalue weighted by atomic mass is 10.1. The van der Waals surface area contributed by atoms with Crippen molar-refractivity contribution in [3.05, 3.63) is 65.2 Å². The van der Waals surface area contributed by atoms with Crippen molar-refractivity contribution in [3.8, 4) is 0 Å². The van der Waals surface area contributed by atoms with E-state index in [-0.39, 0.29) is 6.04 Å². The van der Waals surface area contributed by atoms with Crippen molar-refractivity contribution in [1.29, 1.82) is 0 Å². The van der Waals surface area contributed by atoms with Gasteiger partial charge in [0.25, 0.3) is 0 Å². The van der Waals surface area contributed by atoms with Crippen LogP contribution in [-0.2, 0) is 12.2 Å². The van der Waals surface area contributed by atoms with Crippen molar-refractivity contribution in [2.24, 2.45) is 5.73 Å². The smallest absolute Gasteiger partial charge is 0.0234 e. The molecule has 0 heterocycles. The van der Waals surface area contributed by atoms with E-state index in [1.165, 1.54) is 21.6 Å². The predicted octanol–water partition coefficient (Wildman–Crippen LogP) is 4.57. The number of hydrogen-bond donors (Lipinski definition) is 1. The van der Waals surface area contributed by atoms with Gasteiger partial charge in [-0.1, -0.05) is 49.4 Å². The van der Waals surface area contributed by atoms with E-state index in [4.69, 9.17) is 5.73 Å². The van der Waals surface area contributed by atoms with Crippen molar-refractivity contribution in [3.63, 3.8) is 0 Å². The van der Waals surface area contributed by atoms with Gasteiger partial charge in [-0.05, 0) is 42.5 Å². The highest BCUT2D eigenvalue weighted by molar-refractivity contribution is 7.98. The summed E-state index contributed by atoms with van der Waals surface area (Å²) in [6.45, 7) is 4.32. The highest BCUT2D eigenvalue weighted by Crippen LogP contribution is 2.28. The molecule has 0 radical (unpaired) electrons. The summed E-state index contributed by atoms with van der Waals surface area (Å²) in [4.78, 5) is 1.36. The maximum atomic E-state index is 6.10. The summed E-state index contributed by atoms with van der Waals surface area (Å²) < 4.78 is 0. The molecular weight excluding hydrogens is 262 g/mol. The van der Waals surface area contributed by atoms with Gasteiger partial charge in [-0.15, -0.1) is 11.8 Å². The second-order valence-corrected chi connectivity index (χ2v) is 6.21. The zero-order chi connectivity index (χ0) is 14.4. The average Bonchev–Trinajstić information content (AvgIpc) is 2.47. The summed E-state index contributed by atoms with van der Waals surface area (Å²) in [5.41, 5.74) is 10.2. The van der Waals surface area contributed by atoms with Gasteiger partial charge in [-0.3, -0.25) is 0 Å². The Labute approximate surface area is 126 Å². The van der Waals surface area contributed by atoms with E-state index in [0.29, 0.717) is 0 Å². The number of rotatable bonds is 6. The Balaban J connectivity index is 2.08. The van der Waals surface area contributed by atoms with E-state index in [1.54, 1.807) is 0 Å². The predicted molar refractivity (Wildman–Crippen MR) is 89.2 cm³/mol. The van der Waals surface area contributed by atoms with Crippen LogP contribution in [0.1, 0.15) is 30.0 Å². The standard InChI is InChI=1S/C18H23NS/c1-3-17(19)12-15-9-6-7-11-18(15)20-13-16-10-5-4-8-14(16)2/h4-11,17H,3,12-13,19H2,1-2H3. The molecule has 0 fully saturated rings. The lowest BCUT2D eigenvalue weighted by Crippen LogP contribution is -2.21. The van der Waals surface area contributed by atoms with E-state index in [1.807, 2.05) is 11.8 Å².